The van der Waals surface area contributed by atoms with Gasteiger partial charge in [-0.1, -0.05) is 6.07 Å². The zero-order valence-corrected chi connectivity index (χ0v) is 17.1. The van der Waals surface area contributed by atoms with Crippen LogP contribution in [-0.2, 0) is 11.3 Å². The third-order valence-corrected chi connectivity index (χ3v) is 4.07. The normalized spacial score (nSPS) is 15.5. The lowest BCUT2D eigenvalue weighted by molar-refractivity contribution is 0.0376. The van der Waals surface area contributed by atoms with Crippen molar-refractivity contribution in [3.8, 4) is 5.82 Å². The molecule has 3 heterocycles. The first-order chi connectivity index (χ1) is 12.3. The monoisotopic (exact) mass is 471 g/mol. The number of nitrogens with two attached hydrogens (primary N) is 1. The molecule has 0 spiro atoms. The van der Waals surface area contributed by atoms with Gasteiger partial charge in [-0.05, 0) is 24.6 Å². The predicted octanol–water partition coefficient (Wildman–Crippen LogP) is 1.01. The number of morpholine rings is 1. The smallest absolute Gasteiger partial charge is 0.188 e. The fourth-order valence-electron chi connectivity index (χ4n) is 2.63. The molecule has 142 valence electrons. The number of halogens is 1. The van der Waals surface area contributed by atoms with E-state index in [2.05, 4.69) is 25.2 Å². The van der Waals surface area contributed by atoms with Gasteiger partial charge in [0.1, 0.15) is 12.1 Å². The summed E-state index contributed by atoms with van der Waals surface area (Å²) in [5.74, 6) is 1.31. The van der Waals surface area contributed by atoms with Crippen molar-refractivity contribution >= 4 is 29.9 Å². The molecular formula is C17H26IN7O. The van der Waals surface area contributed by atoms with Gasteiger partial charge in [0.05, 0.1) is 19.8 Å². The zero-order valence-electron chi connectivity index (χ0n) is 14.8. The van der Waals surface area contributed by atoms with Crippen LogP contribution in [-0.4, -0.2) is 64.8 Å². The van der Waals surface area contributed by atoms with Crippen LogP contribution in [0.1, 0.15) is 12.0 Å². The van der Waals surface area contributed by atoms with Crippen molar-refractivity contribution in [1.82, 2.24) is 24.8 Å². The van der Waals surface area contributed by atoms with E-state index in [1.165, 1.54) is 0 Å². The number of ether oxygens (including phenoxy) is 1. The molecule has 0 amide bonds. The molecule has 0 radical (unpaired) electrons. The van der Waals surface area contributed by atoms with Crippen molar-refractivity contribution in [3.63, 3.8) is 0 Å². The first-order valence-electron chi connectivity index (χ1n) is 8.58. The molecule has 1 aliphatic heterocycles. The summed E-state index contributed by atoms with van der Waals surface area (Å²) in [4.78, 5) is 15.2. The van der Waals surface area contributed by atoms with E-state index in [1.54, 1.807) is 12.5 Å². The van der Waals surface area contributed by atoms with Crippen LogP contribution in [0.4, 0.5) is 0 Å². The number of aliphatic imine (C=N–C) groups is 1. The molecule has 9 heteroatoms. The van der Waals surface area contributed by atoms with Gasteiger partial charge in [0.25, 0.3) is 0 Å². The maximum atomic E-state index is 5.92. The minimum Gasteiger partial charge on any atom is -0.379 e. The lowest BCUT2D eigenvalue weighted by Gasteiger charge is -2.26. The van der Waals surface area contributed by atoms with Gasteiger partial charge in [0.2, 0.25) is 0 Å². The molecule has 0 atom stereocenters. The van der Waals surface area contributed by atoms with Crippen LogP contribution < -0.4 is 11.1 Å². The lowest BCUT2D eigenvalue weighted by atomic mass is 10.3. The quantitative estimate of drug-likeness (QED) is 0.271. The van der Waals surface area contributed by atoms with Crippen molar-refractivity contribution in [3.05, 3.63) is 42.6 Å². The van der Waals surface area contributed by atoms with E-state index in [0.29, 0.717) is 12.5 Å². The third kappa shape index (κ3) is 6.54. The molecule has 0 aliphatic carbocycles. The first kappa shape index (κ1) is 20.6. The fourth-order valence-corrected chi connectivity index (χ4v) is 2.63. The largest absolute Gasteiger partial charge is 0.379 e. The van der Waals surface area contributed by atoms with Crippen LogP contribution in [0.3, 0.4) is 0 Å². The second kappa shape index (κ2) is 11.1. The molecule has 2 aromatic rings. The summed E-state index contributed by atoms with van der Waals surface area (Å²) in [6, 6.07) is 3.94. The Balaban J connectivity index is 0.00000243. The van der Waals surface area contributed by atoms with E-state index in [-0.39, 0.29) is 24.0 Å². The SMILES string of the molecule is I.NC(=NCc1ccc(-n2ccnc2)nc1)NCCCN1CCOCC1. The summed E-state index contributed by atoms with van der Waals surface area (Å²) in [5, 5.41) is 3.16. The molecule has 1 aliphatic rings. The average molecular weight is 471 g/mol. The lowest BCUT2D eigenvalue weighted by Crippen LogP contribution is -2.39. The number of imidazole rings is 1. The molecule has 1 fully saturated rings. The summed E-state index contributed by atoms with van der Waals surface area (Å²) in [5.41, 5.74) is 6.94. The fraction of sp³-hybridized carbons (Fsp3) is 0.471. The molecule has 0 aromatic carbocycles. The Bertz CT molecular complexity index is 654. The molecule has 1 saturated heterocycles. The van der Waals surface area contributed by atoms with E-state index >= 15 is 0 Å². The molecule has 0 unspecified atom stereocenters. The number of guanidine groups is 1. The highest BCUT2D eigenvalue weighted by Crippen LogP contribution is 2.06. The summed E-state index contributed by atoms with van der Waals surface area (Å²) in [6.07, 6.45) is 8.16. The van der Waals surface area contributed by atoms with Gasteiger partial charge in [-0.15, -0.1) is 24.0 Å². The summed E-state index contributed by atoms with van der Waals surface area (Å²) in [6.45, 7) is 6.11. The maximum Gasteiger partial charge on any atom is 0.188 e. The van der Waals surface area contributed by atoms with E-state index in [9.17, 15) is 0 Å². The van der Waals surface area contributed by atoms with Gasteiger partial charge < -0.3 is 15.8 Å². The molecule has 0 bridgehead atoms. The molecule has 0 saturated carbocycles. The summed E-state index contributed by atoms with van der Waals surface area (Å²) >= 11 is 0. The second-order valence-electron chi connectivity index (χ2n) is 5.93. The van der Waals surface area contributed by atoms with Crippen LogP contribution in [0.2, 0.25) is 0 Å². The first-order valence-corrected chi connectivity index (χ1v) is 8.58. The number of nitrogens with one attached hydrogen (secondary N) is 1. The molecule has 3 rings (SSSR count). The van der Waals surface area contributed by atoms with Crippen LogP contribution in [0, 0.1) is 0 Å². The van der Waals surface area contributed by atoms with Crippen molar-refractivity contribution in [1.29, 1.82) is 0 Å². The number of hydrogen-bond donors (Lipinski definition) is 2. The topological polar surface area (TPSA) is 93.6 Å². The molecule has 26 heavy (non-hydrogen) atoms. The van der Waals surface area contributed by atoms with Crippen LogP contribution in [0.5, 0.6) is 0 Å². The van der Waals surface area contributed by atoms with Crippen LogP contribution in [0.15, 0.2) is 42.0 Å². The van der Waals surface area contributed by atoms with Gasteiger partial charge in [-0.25, -0.2) is 15.0 Å². The number of rotatable bonds is 7. The van der Waals surface area contributed by atoms with Crippen molar-refractivity contribution < 1.29 is 4.74 Å². The molecular weight excluding hydrogens is 445 g/mol. The third-order valence-electron chi connectivity index (χ3n) is 4.07. The van der Waals surface area contributed by atoms with Crippen molar-refractivity contribution in [2.24, 2.45) is 10.7 Å². The minimum absolute atomic E-state index is 0. The molecule has 2 aromatic heterocycles. The van der Waals surface area contributed by atoms with Gasteiger partial charge in [0, 0.05) is 38.2 Å². The van der Waals surface area contributed by atoms with Crippen LogP contribution in [0.25, 0.3) is 5.82 Å². The van der Waals surface area contributed by atoms with E-state index in [4.69, 9.17) is 10.5 Å². The highest BCUT2D eigenvalue weighted by Gasteiger charge is 2.08. The Morgan fingerprint density at radius 2 is 2.15 bits per heavy atom. The highest BCUT2D eigenvalue weighted by molar-refractivity contribution is 14.0. The van der Waals surface area contributed by atoms with Gasteiger partial charge in [-0.3, -0.25) is 9.47 Å². The number of hydrogen-bond acceptors (Lipinski definition) is 5. The van der Waals surface area contributed by atoms with Crippen molar-refractivity contribution in [2.75, 3.05) is 39.4 Å². The van der Waals surface area contributed by atoms with E-state index < -0.39 is 0 Å². The predicted molar refractivity (Wildman–Crippen MR) is 112 cm³/mol. The van der Waals surface area contributed by atoms with Crippen molar-refractivity contribution in [2.45, 2.75) is 13.0 Å². The molecule has 8 nitrogen and oxygen atoms in total. The summed E-state index contributed by atoms with van der Waals surface area (Å²) in [7, 11) is 0. The standard InChI is InChI=1S/C17H25N7O.HI/c18-17(20-4-1-6-23-8-10-25-11-9-23)22-13-15-2-3-16(21-12-15)24-7-5-19-14-24;/h2-3,5,7,12,14H,1,4,6,8-11,13H2,(H3,18,20,22);1H. The Morgan fingerprint density at radius 3 is 2.85 bits per heavy atom. The Morgan fingerprint density at radius 1 is 1.31 bits per heavy atom. The zero-order chi connectivity index (χ0) is 17.3. The number of aromatic nitrogens is 3. The van der Waals surface area contributed by atoms with Crippen LogP contribution >= 0.6 is 24.0 Å². The Kier molecular flexibility index (Phi) is 8.78. The number of nitrogens with zero attached hydrogens (tertiary/aromatic N) is 5. The van der Waals surface area contributed by atoms with E-state index in [0.717, 1.165) is 57.2 Å². The highest BCUT2D eigenvalue weighted by atomic mass is 127. The minimum atomic E-state index is 0. The molecule has 3 N–H and O–H groups in total. The Labute approximate surface area is 170 Å². The van der Waals surface area contributed by atoms with Gasteiger partial charge >= 0.3 is 0 Å². The van der Waals surface area contributed by atoms with Gasteiger partial charge in [-0.2, -0.15) is 0 Å². The Hall–Kier alpha value is -1.72. The van der Waals surface area contributed by atoms with E-state index in [1.807, 2.05) is 29.1 Å². The maximum absolute atomic E-state index is 5.92. The number of pyridine rings is 1. The average Bonchev–Trinajstić information content (AvgIpc) is 3.20. The second-order valence-corrected chi connectivity index (χ2v) is 5.93. The summed E-state index contributed by atoms with van der Waals surface area (Å²) < 4.78 is 7.20. The van der Waals surface area contributed by atoms with Gasteiger partial charge in [0.15, 0.2) is 5.96 Å².